The zero-order valence-corrected chi connectivity index (χ0v) is 45.8. The first-order valence-corrected chi connectivity index (χ1v) is 27.2. The van der Waals surface area contributed by atoms with E-state index >= 15 is 9.13 Å². The van der Waals surface area contributed by atoms with Crippen LogP contribution >= 0.6 is 15.6 Å². The molecule has 6 aromatic rings. The van der Waals surface area contributed by atoms with E-state index in [-0.39, 0.29) is 47.3 Å². The molecule has 0 aliphatic rings. The van der Waals surface area contributed by atoms with Gasteiger partial charge in [0.05, 0.1) is 12.2 Å². The highest BCUT2D eigenvalue weighted by Crippen LogP contribution is 2.58. The molecule has 2 atom stereocenters. The van der Waals surface area contributed by atoms with Crippen molar-refractivity contribution < 1.29 is 46.5 Å². The van der Waals surface area contributed by atoms with Gasteiger partial charge in [-0.3, -0.25) is 9.05 Å². The van der Waals surface area contributed by atoms with Crippen LogP contribution in [-0.2, 0) is 52.7 Å². The number of phosphoric ester groups is 2. The zero-order chi connectivity index (χ0) is 52.2. The Balaban J connectivity index is 1.69. The Kier molecular flexibility index (Phi) is 16.4. The number of benzene rings is 6. The van der Waals surface area contributed by atoms with Crippen LogP contribution in [0.5, 0.6) is 34.5 Å². The monoisotopic (exact) mass is 1000 g/mol. The highest BCUT2D eigenvalue weighted by molar-refractivity contribution is 7.49. The van der Waals surface area contributed by atoms with Gasteiger partial charge in [0.15, 0.2) is 0 Å². The highest BCUT2D eigenvalue weighted by Gasteiger charge is 2.52. The van der Waals surface area contributed by atoms with Crippen LogP contribution in [0.2, 0.25) is 0 Å². The molecular formula is C59H74O10P2. The SMILES string of the molecule is CC(OP(=O)(Oc1ccccc1)Oc1ccccc1)C(Cc1cc(C(C)(C)C)c(O)c(C(C)(C)C)c1)(Cc1cc(C(C)(C)C)c(O)c(C(C)(C)C)c1)C(C)OP(=O)(Oc1ccccc1)Oc1ccccc1. The molecule has 2 unspecified atom stereocenters. The van der Waals surface area contributed by atoms with Crippen LogP contribution in [0.4, 0.5) is 0 Å². The van der Waals surface area contributed by atoms with Crippen LogP contribution in [0.3, 0.4) is 0 Å². The van der Waals surface area contributed by atoms with Crippen LogP contribution in [0.1, 0.15) is 130 Å². The Labute approximate surface area is 422 Å². The summed E-state index contributed by atoms with van der Waals surface area (Å²) in [7, 11) is -9.31. The molecule has 71 heavy (non-hydrogen) atoms. The normalized spacial score (nSPS) is 13.8. The van der Waals surface area contributed by atoms with Gasteiger partial charge in [-0.05, 0) is 130 Å². The minimum Gasteiger partial charge on any atom is -0.507 e. The Morgan fingerprint density at radius 2 is 0.606 bits per heavy atom. The second-order valence-corrected chi connectivity index (χ2v) is 25.6. The van der Waals surface area contributed by atoms with E-state index < -0.39 is 54.9 Å². The summed E-state index contributed by atoms with van der Waals surface area (Å²) < 4.78 is 70.4. The fraction of sp³-hybridized carbons (Fsp3) is 0.390. The number of phosphoric acid groups is 2. The van der Waals surface area contributed by atoms with Crippen LogP contribution < -0.4 is 18.1 Å². The molecule has 0 aliphatic carbocycles. The molecule has 0 amide bonds. The lowest BCUT2D eigenvalue weighted by atomic mass is 9.67. The molecule has 0 fully saturated rings. The first kappa shape index (κ1) is 54.8. The van der Waals surface area contributed by atoms with Crippen molar-refractivity contribution >= 4 is 15.6 Å². The molecule has 0 aliphatic heterocycles. The van der Waals surface area contributed by atoms with Crippen molar-refractivity contribution in [2.75, 3.05) is 0 Å². The van der Waals surface area contributed by atoms with Crippen molar-refractivity contribution in [2.24, 2.45) is 5.41 Å². The lowest BCUT2D eigenvalue weighted by Gasteiger charge is -2.45. The molecule has 6 aromatic carbocycles. The minimum atomic E-state index is -4.65. The molecule has 10 nitrogen and oxygen atoms in total. The van der Waals surface area contributed by atoms with Gasteiger partial charge in [-0.15, -0.1) is 0 Å². The summed E-state index contributed by atoms with van der Waals surface area (Å²) in [5.74, 6) is 1.39. The van der Waals surface area contributed by atoms with E-state index in [1.54, 1.807) is 111 Å². The van der Waals surface area contributed by atoms with Gasteiger partial charge >= 0.3 is 15.6 Å². The van der Waals surface area contributed by atoms with Crippen molar-refractivity contribution in [3.63, 3.8) is 0 Å². The van der Waals surface area contributed by atoms with E-state index in [0.717, 1.165) is 33.4 Å². The molecule has 2 N–H and O–H groups in total. The van der Waals surface area contributed by atoms with E-state index in [2.05, 4.69) is 83.1 Å². The second-order valence-electron chi connectivity index (χ2n) is 22.7. The van der Waals surface area contributed by atoms with Gasteiger partial charge in [-0.25, -0.2) is 9.13 Å². The lowest BCUT2D eigenvalue weighted by Crippen LogP contribution is -2.49. The molecule has 0 bridgehead atoms. The Hall–Kier alpha value is -5.50. The topological polar surface area (TPSA) is 130 Å². The van der Waals surface area contributed by atoms with Crippen molar-refractivity contribution in [1.82, 2.24) is 0 Å². The molecule has 0 saturated carbocycles. The molecule has 380 valence electrons. The maximum atomic E-state index is 15.7. The van der Waals surface area contributed by atoms with E-state index in [4.69, 9.17) is 27.1 Å². The fourth-order valence-electron chi connectivity index (χ4n) is 8.77. The van der Waals surface area contributed by atoms with Gasteiger partial charge < -0.3 is 28.3 Å². The van der Waals surface area contributed by atoms with Crippen molar-refractivity contribution in [1.29, 1.82) is 0 Å². The van der Waals surface area contributed by atoms with Gasteiger partial charge in [0.2, 0.25) is 0 Å². The van der Waals surface area contributed by atoms with E-state index in [1.807, 2.05) is 48.5 Å². The van der Waals surface area contributed by atoms with Crippen molar-refractivity contribution in [3.8, 4) is 34.5 Å². The molecule has 0 radical (unpaired) electrons. The Morgan fingerprint density at radius 1 is 0.394 bits per heavy atom. The van der Waals surface area contributed by atoms with Gasteiger partial charge in [-0.1, -0.05) is 180 Å². The molecule has 12 heteroatoms. The maximum absolute atomic E-state index is 15.7. The molecule has 0 heterocycles. The van der Waals surface area contributed by atoms with Crippen LogP contribution in [-0.4, -0.2) is 22.4 Å². The predicted octanol–water partition coefficient (Wildman–Crippen LogP) is 16.4. The number of rotatable bonds is 18. The fourth-order valence-corrected chi connectivity index (χ4v) is 11.7. The number of para-hydroxylation sites is 4. The summed E-state index contributed by atoms with van der Waals surface area (Å²) in [6, 6.07) is 42.7. The Morgan fingerprint density at radius 3 is 0.803 bits per heavy atom. The van der Waals surface area contributed by atoms with Gasteiger partial charge in [0, 0.05) is 5.41 Å². The van der Waals surface area contributed by atoms with E-state index in [1.165, 1.54) is 0 Å². The van der Waals surface area contributed by atoms with Crippen molar-refractivity contribution in [2.45, 2.75) is 144 Å². The number of phenolic OH excluding ortho intramolecular Hbond substituents is 2. The maximum Gasteiger partial charge on any atom is 0.587 e. The highest BCUT2D eigenvalue weighted by atomic mass is 31.2. The van der Waals surface area contributed by atoms with Gasteiger partial charge in [-0.2, -0.15) is 0 Å². The summed E-state index contributed by atoms with van der Waals surface area (Å²) in [4.78, 5) is 0. The lowest BCUT2D eigenvalue weighted by molar-refractivity contribution is -0.0461. The summed E-state index contributed by atoms with van der Waals surface area (Å²) in [5, 5.41) is 24.1. The first-order chi connectivity index (χ1) is 33.0. The van der Waals surface area contributed by atoms with E-state index in [9.17, 15) is 10.2 Å². The van der Waals surface area contributed by atoms with Gasteiger partial charge in [0.1, 0.15) is 34.5 Å². The quantitative estimate of drug-likeness (QED) is 0.0803. The molecule has 6 rings (SSSR count). The number of hydrogen-bond donors (Lipinski definition) is 2. The minimum absolute atomic E-state index is 0.131. The summed E-state index contributed by atoms with van der Waals surface area (Å²) in [5.41, 5.74) is 1.08. The summed E-state index contributed by atoms with van der Waals surface area (Å²) >= 11 is 0. The second kappa shape index (κ2) is 21.3. The third kappa shape index (κ3) is 13.9. The average molecular weight is 1010 g/mol. The third-order valence-electron chi connectivity index (χ3n) is 12.7. The number of hydrogen-bond acceptors (Lipinski definition) is 10. The molecular weight excluding hydrogens is 931 g/mol. The van der Waals surface area contributed by atoms with E-state index in [0.29, 0.717) is 0 Å². The largest absolute Gasteiger partial charge is 0.587 e. The van der Waals surface area contributed by atoms with Crippen molar-refractivity contribution in [3.05, 3.63) is 179 Å². The molecule has 0 spiro atoms. The van der Waals surface area contributed by atoms with Gasteiger partial charge in [0.25, 0.3) is 0 Å². The smallest absolute Gasteiger partial charge is 0.507 e. The predicted molar refractivity (Wildman–Crippen MR) is 285 cm³/mol. The summed E-state index contributed by atoms with van der Waals surface area (Å²) in [6.45, 7) is 28.2. The van der Waals surface area contributed by atoms with Crippen LogP contribution in [0.15, 0.2) is 146 Å². The standard InChI is InChI=1S/C59H74O10P2/c1-41(64-70(62,66-45-27-19-15-20-28-45)67-46-29-21-16-22-30-46)59(39-43-35-49(55(3,4)5)53(60)50(36-43)56(6,7)8,40-44-37-51(57(9,10)11)54(61)52(38-44)58(12,13)14)42(2)65-71(63,68-47-31-23-17-24-32-47)69-48-33-25-18-26-34-48/h15-38,41-42,60-61H,39-40H2,1-14H3. The van der Waals surface area contributed by atoms with Crippen LogP contribution in [0.25, 0.3) is 0 Å². The summed E-state index contributed by atoms with van der Waals surface area (Å²) in [6.07, 6.45) is -2.00. The average Bonchev–Trinajstić information content (AvgIpc) is 3.26. The molecule has 0 aromatic heterocycles. The zero-order valence-electron chi connectivity index (χ0n) is 44.0. The third-order valence-corrected chi connectivity index (χ3v) is 15.6. The Bertz CT molecular complexity index is 2450. The first-order valence-electron chi connectivity index (χ1n) is 24.3. The number of phenols is 2. The van der Waals surface area contributed by atoms with Crippen LogP contribution in [0, 0.1) is 5.41 Å². The molecule has 0 saturated heterocycles. The number of aromatic hydroxyl groups is 2.